The monoisotopic (exact) mass is 401 g/mol. The summed E-state index contributed by atoms with van der Waals surface area (Å²) >= 11 is 0. The molecule has 5 nitrogen and oxygen atoms in total. The quantitative estimate of drug-likeness (QED) is 0.638. The molecule has 152 valence electrons. The summed E-state index contributed by atoms with van der Waals surface area (Å²) < 4.78 is 10.5. The Bertz CT molecular complexity index is 1020. The zero-order valence-electron chi connectivity index (χ0n) is 16.9. The van der Waals surface area contributed by atoms with Crippen LogP contribution in [0, 0.1) is 0 Å². The third-order valence-electron chi connectivity index (χ3n) is 5.54. The van der Waals surface area contributed by atoms with Gasteiger partial charge < -0.3 is 14.8 Å². The molecule has 5 heteroatoms. The summed E-state index contributed by atoms with van der Waals surface area (Å²) in [5.41, 5.74) is 4.82. The summed E-state index contributed by atoms with van der Waals surface area (Å²) in [7, 11) is 2.81. The molecule has 2 atom stereocenters. The number of benzene rings is 3. The number of hydrogen-bond acceptors (Lipinski definition) is 4. The molecule has 3 aromatic carbocycles. The highest BCUT2D eigenvalue weighted by atomic mass is 16.5. The fourth-order valence-electron chi connectivity index (χ4n) is 4.21. The predicted molar refractivity (Wildman–Crippen MR) is 114 cm³/mol. The number of carbonyl (C=O) groups is 2. The molecule has 4 rings (SSSR count). The third kappa shape index (κ3) is 3.48. The summed E-state index contributed by atoms with van der Waals surface area (Å²) in [5, 5.41) is 2.90. The average Bonchev–Trinajstić information content (AvgIpc) is 3.12. The molecule has 0 bridgehead atoms. The molecule has 1 aliphatic carbocycles. The van der Waals surface area contributed by atoms with Crippen LogP contribution < -0.4 is 5.32 Å². The normalized spacial score (nSPS) is 14.3. The maximum absolute atomic E-state index is 13.1. The summed E-state index contributed by atoms with van der Waals surface area (Å²) in [4.78, 5) is 26.0. The lowest BCUT2D eigenvalue weighted by Gasteiger charge is -2.26. The SMILES string of the molecule is COC(=O)[C@H](NC(=O)[C@H](OC)c1ccccc1)C1c2ccccc2-c2ccccc21. The first kappa shape index (κ1) is 19.9. The number of amides is 1. The highest BCUT2D eigenvalue weighted by Gasteiger charge is 2.40. The molecule has 0 saturated carbocycles. The Morgan fingerprint density at radius 1 is 0.800 bits per heavy atom. The first-order valence-electron chi connectivity index (χ1n) is 9.80. The highest BCUT2D eigenvalue weighted by Crippen LogP contribution is 2.46. The molecule has 1 amide bonds. The van der Waals surface area contributed by atoms with Crippen molar-refractivity contribution in [3.63, 3.8) is 0 Å². The molecular formula is C25H23NO4. The van der Waals surface area contributed by atoms with Gasteiger partial charge in [0.05, 0.1) is 7.11 Å². The molecule has 0 radical (unpaired) electrons. The Hall–Kier alpha value is -3.44. The van der Waals surface area contributed by atoms with Gasteiger partial charge in [-0.2, -0.15) is 0 Å². The number of esters is 1. The zero-order valence-corrected chi connectivity index (χ0v) is 16.9. The summed E-state index contributed by atoms with van der Waals surface area (Å²) in [5.74, 6) is -1.23. The van der Waals surface area contributed by atoms with Crippen molar-refractivity contribution in [1.82, 2.24) is 5.32 Å². The Labute approximate surface area is 175 Å². The third-order valence-corrected chi connectivity index (χ3v) is 5.54. The Morgan fingerprint density at radius 3 is 1.87 bits per heavy atom. The number of carbonyl (C=O) groups excluding carboxylic acids is 2. The van der Waals surface area contributed by atoms with E-state index in [-0.39, 0.29) is 11.8 Å². The number of ether oxygens (including phenoxy) is 2. The van der Waals surface area contributed by atoms with Crippen LogP contribution >= 0.6 is 0 Å². The van der Waals surface area contributed by atoms with Gasteiger partial charge in [0, 0.05) is 13.0 Å². The van der Waals surface area contributed by atoms with Gasteiger partial charge >= 0.3 is 5.97 Å². The van der Waals surface area contributed by atoms with Crippen LogP contribution in [0.25, 0.3) is 11.1 Å². The molecule has 1 aliphatic rings. The van der Waals surface area contributed by atoms with Crippen molar-refractivity contribution in [3.05, 3.63) is 95.6 Å². The number of methoxy groups -OCH3 is 2. The number of hydrogen-bond donors (Lipinski definition) is 1. The van der Waals surface area contributed by atoms with Crippen molar-refractivity contribution in [1.29, 1.82) is 0 Å². The van der Waals surface area contributed by atoms with E-state index in [0.29, 0.717) is 5.56 Å². The minimum absolute atomic E-state index is 0.345. The first-order valence-corrected chi connectivity index (χ1v) is 9.80. The van der Waals surface area contributed by atoms with Gasteiger partial charge in [0.1, 0.15) is 6.04 Å². The van der Waals surface area contributed by atoms with Crippen LogP contribution in [0.1, 0.15) is 28.7 Å². The van der Waals surface area contributed by atoms with Crippen molar-refractivity contribution < 1.29 is 19.1 Å². The fraction of sp³-hybridized carbons (Fsp3) is 0.200. The van der Waals surface area contributed by atoms with Gasteiger partial charge in [-0.3, -0.25) is 4.79 Å². The van der Waals surface area contributed by atoms with Crippen LogP contribution in [0.3, 0.4) is 0 Å². The van der Waals surface area contributed by atoms with Gasteiger partial charge in [0.15, 0.2) is 6.10 Å². The van der Waals surface area contributed by atoms with Gasteiger partial charge in [-0.1, -0.05) is 78.9 Å². The lowest BCUT2D eigenvalue weighted by Crippen LogP contribution is -2.47. The fourth-order valence-corrected chi connectivity index (χ4v) is 4.21. The maximum atomic E-state index is 13.1. The summed E-state index contributed by atoms with van der Waals surface area (Å²) in [6.45, 7) is 0. The van der Waals surface area contributed by atoms with Crippen LogP contribution in [0.4, 0.5) is 0 Å². The van der Waals surface area contributed by atoms with E-state index >= 15 is 0 Å². The van der Waals surface area contributed by atoms with Gasteiger partial charge in [0.25, 0.3) is 5.91 Å². The second-order valence-electron chi connectivity index (χ2n) is 7.19. The van der Waals surface area contributed by atoms with Crippen molar-refractivity contribution >= 4 is 11.9 Å². The minimum atomic E-state index is -0.881. The van der Waals surface area contributed by atoms with Crippen molar-refractivity contribution in [2.45, 2.75) is 18.1 Å². The van der Waals surface area contributed by atoms with E-state index in [2.05, 4.69) is 5.32 Å². The van der Waals surface area contributed by atoms with Gasteiger partial charge in [0.2, 0.25) is 0 Å². The van der Waals surface area contributed by atoms with Gasteiger partial charge in [-0.25, -0.2) is 4.79 Å². The molecule has 3 aromatic rings. The molecule has 0 aromatic heterocycles. The van der Waals surface area contributed by atoms with Crippen LogP contribution in [0.5, 0.6) is 0 Å². The molecule has 30 heavy (non-hydrogen) atoms. The second kappa shape index (κ2) is 8.51. The summed E-state index contributed by atoms with van der Waals surface area (Å²) in [6, 6.07) is 24.2. The Kier molecular flexibility index (Phi) is 5.63. The van der Waals surface area contributed by atoms with Gasteiger partial charge in [-0.15, -0.1) is 0 Å². The number of rotatable bonds is 6. The van der Waals surface area contributed by atoms with Crippen molar-refractivity contribution in [3.8, 4) is 11.1 Å². The van der Waals surface area contributed by atoms with E-state index in [1.54, 1.807) is 0 Å². The standard InChI is InChI=1S/C25H23NO4/c1-29-23(16-10-4-3-5-11-16)24(27)26-22(25(28)30-2)21-19-14-8-6-12-17(19)18-13-7-9-15-20(18)21/h3-15,21-23H,1-2H3,(H,26,27)/t22-,23-/m1/s1. The molecule has 0 unspecified atom stereocenters. The second-order valence-corrected chi connectivity index (χ2v) is 7.19. The predicted octanol–water partition coefficient (Wildman–Crippen LogP) is 3.84. The zero-order chi connectivity index (χ0) is 21.1. The Balaban J connectivity index is 1.72. The molecule has 0 aliphatic heterocycles. The lowest BCUT2D eigenvalue weighted by atomic mass is 9.89. The van der Waals surface area contributed by atoms with Crippen LogP contribution in [0.15, 0.2) is 78.9 Å². The minimum Gasteiger partial charge on any atom is -0.467 e. The molecule has 0 saturated heterocycles. The largest absolute Gasteiger partial charge is 0.467 e. The lowest BCUT2D eigenvalue weighted by molar-refractivity contribution is -0.147. The average molecular weight is 401 g/mol. The number of fused-ring (bicyclic) bond motifs is 3. The van der Waals surface area contributed by atoms with E-state index in [1.807, 2.05) is 78.9 Å². The van der Waals surface area contributed by atoms with Gasteiger partial charge in [-0.05, 0) is 27.8 Å². The molecule has 0 heterocycles. The molecule has 1 N–H and O–H groups in total. The molecule has 0 spiro atoms. The highest BCUT2D eigenvalue weighted by molar-refractivity contribution is 5.91. The van der Waals surface area contributed by atoms with Crippen LogP contribution in [-0.2, 0) is 19.1 Å². The Morgan fingerprint density at radius 2 is 1.33 bits per heavy atom. The van der Waals surface area contributed by atoms with E-state index in [4.69, 9.17) is 9.47 Å². The van der Waals surface area contributed by atoms with E-state index in [1.165, 1.54) is 14.2 Å². The topological polar surface area (TPSA) is 64.6 Å². The van der Waals surface area contributed by atoms with Crippen LogP contribution in [-0.4, -0.2) is 32.1 Å². The van der Waals surface area contributed by atoms with Crippen LogP contribution in [0.2, 0.25) is 0 Å². The van der Waals surface area contributed by atoms with Crippen molar-refractivity contribution in [2.75, 3.05) is 14.2 Å². The maximum Gasteiger partial charge on any atom is 0.329 e. The smallest absolute Gasteiger partial charge is 0.329 e. The molecule has 0 fully saturated rings. The first-order chi connectivity index (χ1) is 14.7. The van der Waals surface area contributed by atoms with Crippen molar-refractivity contribution in [2.24, 2.45) is 0 Å². The molecular weight excluding hydrogens is 378 g/mol. The van der Waals surface area contributed by atoms with E-state index in [9.17, 15) is 9.59 Å². The number of nitrogens with one attached hydrogen (secondary N) is 1. The van der Waals surface area contributed by atoms with E-state index < -0.39 is 18.1 Å². The van der Waals surface area contributed by atoms with E-state index in [0.717, 1.165) is 22.3 Å². The summed E-state index contributed by atoms with van der Waals surface area (Å²) in [6.07, 6.45) is -0.828.